The number of hydrogen-bond acceptors (Lipinski definition) is 4. The molecule has 0 bridgehead atoms. The number of aromatic amines is 1. The molecule has 0 aliphatic carbocycles. The van der Waals surface area contributed by atoms with Gasteiger partial charge in [-0.3, -0.25) is 0 Å². The van der Waals surface area contributed by atoms with Crippen LogP contribution >= 0.6 is 0 Å². The topological polar surface area (TPSA) is 63.7 Å². The molecule has 0 atom stereocenters. The molecule has 2 aromatic carbocycles. The molecule has 6 heteroatoms. The van der Waals surface area contributed by atoms with Gasteiger partial charge in [-0.1, -0.05) is 12.1 Å². The van der Waals surface area contributed by atoms with E-state index in [1.54, 1.807) is 6.07 Å². The quantitative estimate of drug-likeness (QED) is 0.791. The Kier molecular flexibility index (Phi) is 3.36. The third-order valence-corrected chi connectivity index (χ3v) is 2.75. The summed E-state index contributed by atoms with van der Waals surface area (Å²) in [5.41, 5.74) is 1.63. The van der Waals surface area contributed by atoms with Crippen LogP contribution in [0.2, 0.25) is 0 Å². The SMILES string of the molecule is Fc1cccc(COc2ccc(-c3nn[nH]n3)cc2)c1. The lowest BCUT2D eigenvalue weighted by molar-refractivity contribution is 0.305. The summed E-state index contributed by atoms with van der Waals surface area (Å²) in [5, 5.41) is 13.7. The number of rotatable bonds is 4. The second-order valence-electron chi connectivity index (χ2n) is 4.18. The van der Waals surface area contributed by atoms with Gasteiger partial charge in [0.25, 0.3) is 0 Å². The highest BCUT2D eigenvalue weighted by atomic mass is 19.1. The number of H-pyrrole nitrogens is 1. The lowest BCUT2D eigenvalue weighted by Crippen LogP contribution is -1.95. The van der Waals surface area contributed by atoms with E-state index < -0.39 is 0 Å². The molecule has 0 saturated heterocycles. The zero-order valence-electron chi connectivity index (χ0n) is 10.5. The molecule has 1 heterocycles. The van der Waals surface area contributed by atoms with Crippen LogP contribution in [0.25, 0.3) is 11.4 Å². The van der Waals surface area contributed by atoms with Crippen LogP contribution in [0, 0.1) is 5.82 Å². The number of benzene rings is 2. The number of nitrogens with one attached hydrogen (secondary N) is 1. The van der Waals surface area contributed by atoms with Gasteiger partial charge >= 0.3 is 0 Å². The molecule has 0 aliphatic rings. The molecule has 0 aliphatic heterocycles. The molecule has 20 heavy (non-hydrogen) atoms. The third-order valence-electron chi connectivity index (χ3n) is 2.75. The lowest BCUT2D eigenvalue weighted by Gasteiger charge is -2.06. The molecular formula is C14H11FN4O. The van der Waals surface area contributed by atoms with Crippen molar-refractivity contribution in [2.75, 3.05) is 0 Å². The summed E-state index contributed by atoms with van der Waals surface area (Å²) >= 11 is 0. The van der Waals surface area contributed by atoms with Gasteiger partial charge in [-0.25, -0.2) is 4.39 Å². The first-order chi connectivity index (χ1) is 9.81. The van der Waals surface area contributed by atoms with Crippen molar-refractivity contribution in [1.29, 1.82) is 0 Å². The summed E-state index contributed by atoms with van der Waals surface area (Å²) in [6.45, 7) is 0.319. The Morgan fingerprint density at radius 2 is 1.95 bits per heavy atom. The maximum absolute atomic E-state index is 13.0. The molecule has 1 aromatic heterocycles. The van der Waals surface area contributed by atoms with E-state index in [2.05, 4.69) is 20.6 Å². The molecule has 0 fully saturated rings. The molecule has 1 N–H and O–H groups in total. The van der Waals surface area contributed by atoms with Crippen LogP contribution in [0.1, 0.15) is 5.56 Å². The van der Waals surface area contributed by atoms with Crippen molar-refractivity contribution in [1.82, 2.24) is 20.6 Å². The monoisotopic (exact) mass is 270 g/mol. The normalized spacial score (nSPS) is 10.4. The standard InChI is InChI=1S/C14H11FN4O/c15-12-3-1-2-10(8-12)9-20-13-6-4-11(5-7-13)14-16-18-19-17-14/h1-8H,9H2,(H,16,17,18,19). The molecule has 100 valence electrons. The van der Waals surface area contributed by atoms with E-state index in [4.69, 9.17) is 4.74 Å². The Morgan fingerprint density at radius 3 is 2.65 bits per heavy atom. The zero-order valence-corrected chi connectivity index (χ0v) is 10.5. The van der Waals surface area contributed by atoms with Gasteiger partial charge in [-0.15, -0.1) is 10.2 Å². The van der Waals surface area contributed by atoms with Gasteiger partial charge in [0.05, 0.1) is 0 Å². The average molecular weight is 270 g/mol. The average Bonchev–Trinajstić information content (AvgIpc) is 3.00. The van der Waals surface area contributed by atoms with Crippen molar-refractivity contribution in [3.63, 3.8) is 0 Å². The number of halogens is 1. The van der Waals surface area contributed by atoms with E-state index >= 15 is 0 Å². The van der Waals surface area contributed by atoms with Crippen LogP contribution in [0.3, 0.4) is 0 Å². The van der Waals surface area contributed by atoms with Gasteiger partial charge in [0.1, 0.15) is 18.2 Å². The minimum Gasteiger partial charge on any atom is -0.489 e. The van der Waals surface area contributed by atoms with Crippen LogP contribution in [0.15, 0.2) is 48.5 Å². The number of ether oxygens (including phenoxy) is 1. The fourth-order valence-corrected chi connectivity index (χ4v) is 1.78. The van der Waals surface area contributed by atoms with Crippen molar-refractivity contribution < 1.29 is 9.13 Å². The van der Waals surface area contributed by atoms with Gasteiger partial charge in [0.15, 0.2) is 0 Å². The minimum atomic E-state index is -0.265. The largest absolute Gasteiger partial charge is 0.489 e. The predicted molar refractivity (Wildman–Crippen MR) is 70.3 cm³/mol. The van der Waals surface area contributed by atoms with Gasteiger partial charge in [0.2, 0.25) is 5.82 Å². The maximum Gasteiger partial charge on any atom is 0.204 e. The molecule has 0 radical (unpaired) electrons. The van der Waals surface area contributed by atoms with Crippen LogP contribution in [-0.2, 0) is 6.61 Å². The Labute approximate surface area is 114 Å². The fraction of sp³-hybridized carbons (Fsp3) is 0.0714. The zero-order chi connectivity index (χ0) is 13.8. The van der Waals surface area contributed by atoms with E-state index in [1.165, 1.54) is 12.1 Å². The molecule has 0 amide bonds. The highest BCUT2D eigenvalue weighted by Crippen LogP contribution is 2.19. The predicted octanol–water partition coefficient (Wildman–Crippen LogP) is 2.58. The number of nitrogens with zero attached hydrogens (tertiary/aromatic N) is 3. The van der Waals surface area contributed by atoms with E-state index in [0.717, 1.165) is 11.1 Å². The summed E-state index contributed by atoms with van der Waals surface area (Å²) in [6.07, 6.45) is 0. The molecule has 0 unspecified atom stereocenters. The molecule has 3 aromatic rings. The van der Waals surface area contributed by atoms with Gasteiger partial charge in [-0.2, -0.15) is 5.21 Å². The van der Waals surface area contributed by atoms with Gasteiger partial charge < -0.3 is 4.74 Å². The summed E-state index contributed by atoms with van der Waals surface area (Å²) in [6, 6.07) is 13.6. The summed E-state index contributed by atoms with van der Waals surface area (Å²) < 4.78 is 18.6. The molecule has 5 nitrogen and oxygen atoms in total. The maximum atomic E-state index is 13.0. The third kappa shape index (κ3) is 2.80. The first-order valence-electron chi connectivity index (χ1n) is 6.02. The van der Waals surface area contributed by atoms with Crippen LogP contribution in [-0.4, -0.2) is 20.6 Å². The van der Waals surface area contributed by atoms with Crippen molar-refractivity contribution in [3.05, 3.63) is 59.9 Å². The Morgan fingerprint density at radius 1 is 1.10 bits per heavy atom. The Balaban J connectivity index is 1.67. The van der Waals surface area contributed by atoms with Crippen molar-refractivity contribution in [3.8, 4) is 17.1 Å². The van der Waals surface area contributed by atoms with Crippen LogP contribution < -0.4 is 4.74 Å². The Bertz CT molecular complexity index is 683. The van der Waals surface area contributed by atoms with E-state index in [0.29, 0.717) is 18.2 Å². The minimum absolute atomic E-state index is 0.265. The first-order valence-corrected chi connectivity index (χ1v) is 6.02. The van der Waals surface area contributed by atoms with E-state index in [-0.39, 0.29) is 5.82 Å². The molecular weight excluding hydrogens is 259 g/mol. The number of tetrazole rings is 1. The number of hydrogen-bond donors (Lipinski definition) is 1. The van der Waals surface area contributed by atoms with E-state index in [9.17, 15) is 4.39 Å². The van der Waals surface area contributed by atoms with Crippen LogP contribution in [0.4, 0.5) is 4.39 Å². The summed E-state index contributed by atoms with van der Waals surface area (Å²) in [7, 11) is 0. The smallest absolute Gasteiger partial charge is 0.204 e. The van der Waals surface area contributed by atoms with Crippen molar-refractivity contribution in [2.45, 2.75) is 6.61 Å². The van der Waals surface area contributed by atoms with Crippen molar-refractivity contribution in [2.24, 2.45) is 0 Å². The lowest BCUT2D eigenvalue weighted by atomic mass is 10.2. The van der Waals surface area contributed by atoms with E-state index in [1.807, 2.05) is 30.3 Å². The van der Waals surface area contributed by atoms with Crippen molar-refractivity contribution >= 4 is 0 Å². The molecule has 0 saturated carbocycles. The summed E-state index contributed by atoms with van der Waals surface area (Å²) in [5.74, 6) is 0.960. The Hall–Kier alpha value is -2.76. The molecule has 3 rings (SSSR count). The second kappa shape index (κ2) is 5.48. The highest BCUT2D eigenvalue weighted by molar-refractivity contribution is 5.54. The first kappa shape index (κ1) is 12.3. The summed E-state index contributed by atoms with van der Waals surface area (Å²) in [4.78, 5) is 0. The van der Waals surface area contributed by atoms with Crippen LogP contribution in [0.5, 0.6) is 5.75 Å². The van der Waals surface area contributed by atoms with Gasteiger partial charge in [0, 0.05) is 5.56 Å². The number of aromatic nitrogens is 4. The van der Waals surface area contributed by atoms with Gasteiger partial charge in [-0.05, 0) is 47.2 Å². The molecule has 0 spiro atoms. The second-order valence-corrected chi connectivity index (χ2v) is 4.18. The fourth-order valence-electron chi connectivity index (χ4n) is 1.78. The highest BCUT2D eigenvalue weighted by Gasteiger charge is 2.03.